The Labute approximate surface area is 175 Å². The fourth-order valence-corrected chi connectivity index (χ4v) is 4.39. The van der Waals surface area contributed by atoms with Gasteiger partial charge in [-0.15, -0.1) is 0 Å². The van der Waals surface area contributed by atoms with Crippen LogP contribution < -0.4 is 5.32 Å². The van der Waals surface area contributed by atoms with Crippen LogP contribution in [0.4, 0.5) is 0 Å². The van der Waals surface area contributed by atoms with Crippen molar-refractivity contribution < 1.29 is 4.79 Å². The molecule has 1 aliphatic carbocycles. The molecule has 0 fully saturated rings. The maximum atomic E-state index is 13.2. The topological polar surface area (TPSA) is 59.8 Å². The number of carbonyl (C=O) groups excluding carboxylic acids is 1. The lowest BCUT2D eigenvalue weighted by Crippen LogP contribution is -2.31. The Morgan fingerprint density at radius 3 is 2.80 bits per heavy atom. The lowest BCUT2D eigenvalue weighted by molar-refractivity contribution is 0.0934. The van der Waals surface area contributed by atoms with Crippen molar-refractivity contribution in [2.45, 2.75) is 38.8 Å². The zero-order valence-corrected chi connectivity index (χ0v) is 17.0. The van der Waals surface area contributed by atoms with Crippen molar-refractivity contribution in [2.24, 2.45) is 0 Å². The number of nitrogens with one attached hydrogen (secondary N) is 1. The Bertz CT molecular complexity index is 1210. The van der Waals surface area contributed by atoms with Gasteiger partial charge in [-0.25, -0.2) is 0 Å². The van der Waals surface area contributed by atoms with E-state index in [4.69, 9.17) is 0 Å². The molecule has 0 spiro atoms. The van der Waals surface area contributed by atoms with Gasteiger partial charge in [0.2, 0.25) is 0 Å². The zero-order chi connectivity index (χ0) is 20.5. The van der Waals surface area contributed by atoms with E-state index in [-0.39, 0.29) is 11.9 Å². The largest absolute Gasteiger partial charge is 0.345 e. The third kappa shape index (κ3) is 3.47. The summed E-state index contributed by atoms with van der Waals surface area (Å²) in [5, 5.41) is 8.80. The van der Waals surface area contributed by atoms with E-state index in [9.17, 15) is 4.79 Å². The van der Waals surface area contributed by atoms with Crippen LogP contribution in [0, 0.1) is 6.92 Å². The van der Waals surface area contributed by atoms with E-state index in [0.29, 0.717) is 5.56 Å². The van der Waals surface area contributed by atoms with E-state index in [1.165, 1.54) is 11.3 Å². The number of pyridine rings is 1. The molecule has 0 bridgehead atoms. The van der Waals surface area contributed by atoms with Gasteiger partial charge in [0.05, 0.1) is 29.9 Å². The van der Waals surface area contributed by atoms with Crippen molar-refractivity contribution in [1.29, 1.82) is 0 Å². The highest BCUT2D eigenvalue weighted by Crippen LogP contribution is 2.30. The number of rotatable bonds is 4. The Kier molecular flexibility index (Phi) is 4.79. The third-order valence-electron chi connectivity index (χ3n) is 5.83. The molecule has 0 aliphatic heterocycles. The van der Waals surface area contributed by atoms with Gasteiger partial charge in [0.15, 0.2) is 0 Å². The Balaban J connectivity index is 1.42. The molecule has 0 radical (unpaired) electrons. The van der Waals surface area contributed by atoms with E-state index < -0.39 is 0 Å². The summed E-state index contributed by atoms with van der Waals surface area (Å²) < 4.78 is 2.08. The summed E-state index contributed by atoms with van der Waals surface area (Å²) in [7, 11) is 0. The van der Waals surface area contributed by atoms with E-state index in [2.05, 4.69) is 44.3 Å². The highest BCUT2D eigenvalue weighted by Gasteiger charge is 2.26. The van der Waals surface area contributed by atoms with Gasteiger partial charge in [-0.3, -0.25) is 14.5 Å². The standard InChI is InChI=1S/C25H24N4O/c1-17-14-20(19-10-5-6-11-22(19)27-17)25(30)28-23-12-7-13-24-21(23)15-26-29(24)16-18-8-3-2-4-9-18/h2-6,8-11,14-15,23H,7,12-13,16H2,1H3,(H,28,30). The molecule has 5 nitrogen and oxygen atoms in total. The number of aryl methyl sites for hydroxylation is 1. The first-order chi connectivity index (χ1) is 14.7. The second-order valence-electron chi connectivity index (χ2n) is 7.94. The maximum Gasteiger partial charge on any atom is 0.252 e. The van der Waals surface area contributed by atoms with Crippen LogP contribution in [0.2, 0.25) is 0 Å². The number of aromatic nitrogens is 3. The van der Waals surface area contributed by atoms with Crippen LogP contribution in [0.5, 0.6) is 0 Å². The van der Waals surface area contributed by atoms with Crippen LogP contribution in [-0.4, -0.2) is 20.7 Å². The Hall–Kier alpha value is -3.47. The summed E-state index contributed by atoms with van der Waals surface area (Å²) in [6.45, 7) is 2.68. The van der Waals surface area contributed by atoms with Crippen molar-refractivity contribution in [3.05, 3.63) is 94.9 Å². The van der Waals surface area contributed by atoms with E-state index in [1.54, 1.807) is 0 Å². The average Bonchev–Trinajstić information content (AvgIpc) is 3.17. The van der Waals surface area contributed by atoms with Crippen molar-refractivity contribution in [3.8, 4) is 0 Å². The van der Waals surface area contributed by atoms with Crippen LogP contribution in [0.25, 0.3) is 10.9 Å². The van der Waals surface area contributed by atoms with Gasteiger partial charge in [0.25, 0.3) is 5.91 Å². The summed E-state index contributed by atoms with van der Waals surface area (Å²) in [6.07, 6.45) is 4.89. The summed E-state index contributed by atoms with van der Waals surface area (Å²) in [5.41, 5.74) is 5.98. The molecule has 150 valence electrons. The number of amides is 1. The van der Waals surface area contributed by atoms with Crippen LogP contribution in [0.1, 0.15) is 51.8 Å². The molecule has 1 amide bonds. The molecule has 5 heteroatoms. The number of para-hydroxylation sites is 1. The summed E-state index contributed by atoms with van der Waals surface area (Å²) in [6, 6.07) is 20.0. The van der Waals surface area contributed by atoms with E-state index in [1.807, 2.05) is 49.5 Å². The number of carbonyl (C=O) groups is 1. The molecule has 5 rings (SSSR count). The van der Waals surface area contributed by atoms with Gasteiger partial charge < -0.3 is 5.32 Å². The molecule has 2 aromatic heterocycles. The second-order valence-corrected chi connectivity index (χ2v) is 7.94. The quantitative estimate of drug-likeness (QED) is 0.549. The number of hydrogen-bond acceptors (Lipinski definition) is 3. The molecule has 1 aliphatic rings. The van der Waals surface area contributed by atoms with Crippen LogP contribution >= 0.6 is 0 Å². The molecule has 4 aromatic rings. The number of benzene rings is 2. The van der Waals surface area contributed by atoms with Crippen LogP contribution in [0.15, 0.2) is 66.9 Å². The molecule has 2 heterocycles. The highest BCUT2D eigenvalue weighted by molar-refractivity contribution is 6.06. The molecule has 1 N–H and O–H groups in total. The van der Waals surface area contributed by atoms with Crippen molar-refractivity contribution in [1.82, 2.24) is 20.1 Å². The number of hydrogen-bond donors (Lipinski definition) is 1. The van der Waals surface area contributed by atoms with E-state index in [0.717, 1.165) is 48.0 Å². The Morgan fingerprint density at radius 1 is 1.13 bits per heavy atom. The predicted octanol–water partition coefficient (Wildman–Crippen LogP) is 4.60. The fourth-order valence-electron chi connectivity index (χ4n) is 4.39. The number of nitrogens with zero attached hydrogens (tertiary/aromatic N) is 3. The van der Waals surface area contributed by atoms with Crippen LogP contribution in [-0.2, 0) is 13.0 Å². The molecule has 1 unspecified atom stereocenters. The lowest BCUT2D eigenvalue weighted by atomic mass is 9.92. The first kappa shape index (κ1) is 18.6. The van der Waals surface area contributed by atoms with Gasteiger partial charge in [-0.1, -0.05) is 48.5 Å². The fraction of sp³-hybridized carbons (Fsp3) is 0.240. The Morgan fingerprint density at radius 2 is 1.93 bits per heavy atom. The minimum absolute atomic E-state index is 0.0157. The maximum absolute atomic E-state index is 13.2. The monoisotopic (exact) mass is 396 g/mol. The van der Waals surface area contributed by atoms with Gasteiger partial charge >= 0.3 is 0 Å². The minimum atomic E-state index is -0.0506. The average molecular weight is 396 g/mol. The SMILES string of the molecule is Cc1cc(C(=O)NC2CCCc3c2cnn3Cc2ccccc2)c2ccccc2n1. The van der Waals surface area contributed by atoms with Crippen molar-refractivity contribution >= 4 is 16.8 Å². The molecular weight excluding hydrogens is 372 g/mol. The first-order valence-corrected chi connectivity index (χ1v) is 10.4. The molecular formula is C25H24N4O. The smallest absolute Gasteiger partial charge is 0.252 e. The van der Waals surface area contributed by atoms with Gasteiger partial charge in [-0.05, 0) is 43.9 Å². The zero-order valence-electron chi connectivity index (χ0n) is 17.0. The lowest BCUT2D eigenvalue weighted by Gasteiger charge is -2.24. The van der Waals surface area contributed by atoms with Gasteiger partial charge in [0.1, 0.15) is 0 Å². The van der Waals surface area contributed by atoms with Crippen molar-refractivity contribution in [3.63, 3.8) is 0 Å². The molecule has 30 heavy (non-hydrogen) atoms. The van der Waals surface area contributed by atoms with E-state index >= 15 is 0 Å². The predicted molar refractivity (Wildman–Crippen MR) is 117 cm³/mol. The first-order valence-electron chi connectivity index (χ1n) is 10.4. The minimum Gasteiger partial charge on any atom is -0.345 e. The number of fused-ring (bicyclic) bond motifs is 2. The summed E-state index contributed by atoms with van der Waals surface area (Å²) in [4.78, 5) is 17.8. The third-order valence-corrected chi connectivity index (χ3v) is 5.83. The second kappa shape index (κ2) is 7.75. The van der Waals surface area contributed by atoms with Crippen LogP contribution in [0.3, 0.4) is 0 Å². The van der Waals surface area contributed by atoms with Gasteiger partial charge in [0, 0.05) is 22.3 Å². The van der Waals surface area contributed by atoms with Crippen molar-refractivity contribution in [2.75, 3.05) is 0 Å². The summed E-state index contributed by atoms with van der Waals surface area (Å²) in [5.74, 6) is -0.0506. The summed E-state index contributed by atoms with van der Waals surface area (Å²) >= 11 is 0. The molecule has 1 atom stereocenters. The highest BCUT2D eigenvalue weighted by atomic mass is 16.1. The normalized spacial score (nSPS) is 15.7. The molecule has 2 aromatic carbocycles. The molecule has 0 saturated carbocycles. The van der Waals surface area contributed by atoms with Gasteiger partial charge in [-0.2, -0.15) is 5.10 Å². The molecule has 0 saturated heterocycles.